The van der Waals surface area contributed by atoms with Gasteiger partial charge in [0, 0.05) is 24.2 Å². The molecule has 7 nitrogen and oxygen atoms in total. The van der Waals surface area contributed by atoms with E-state index in [1.54, 1.807) is 9.47 Å². The number of H-pyrrole nitrogens is 1. The Hall–Kier alpha value is -3.13. The Morgan fingerprint density at radius 1 is 1.23 bits per heavy atom. The zero-order valence-corrected chi connectivity index (χ0v) is 17.9. The highest BCUT2D eigenvalue weighted by atomic mass is 32.1. The third kappa shape index (κ3) is 4.09. The molecule has 0 radical (unpaired) electrons. The Balaban J connectivity index is 1.57. The summed E-state index contributed by atoms with van der Waals surface area (Å²) < 4.78 is 13.6. The van der Waals surface area contributed by atoms with Crippen molar-refractivity contribution in [2.24, 2.45) is 0 Å². The molecule has 0 spiro atoms. The first kappa shape index (κ1) is 20.2. The predicted molar refractivity (Wildman–Crippen MR) is 116 cm³/mol. The Kier molecular flexibility index (Phi) is 5.85. The molecule has 156 valence electrons. The fourth-order valence-corrected chi connectivity index (χ4v) is 3.74. The molecule has 30 heavy (non-hydrogen) atoms. The SMILES string of the molecule is CCN(Cc1cccc2c1OCCO2)C(=O)Cn1c(-c2cccc(C)c2)n[nH]c1=S. The first-order valence-corrected chi connectivity index (χ1v) is 10.3. The van der Waals surface area contributed by atoms with Crippen LogP contribution in [0.2, 0.25) is 0 Å². The van der Waals surface area contributed by atoms with Gasteiger partial charge in [0.2, 0.25) is 5.91 Å². The number of ether oxygens (including phenoxy) is 2. The van der Waals surface area contributed by atoms with Crippen molar-refractivity contribution in [1.82, 2.24) is 19.7 Å². The van der Waals surface area contributed by atoms with E-state index in [9.17, 15) is 4.79 Å². The van der Waals surface area contributed by atoms with Gasteiger partial charge in [-0.05, 0) is 38.2 Å². The van der Waals surface area contributed by atoms with Crippen molar-refractivity contribution in [1.29, 1.82) is 0 Å². The number of hydrogen-bond acceptors (Lipinski definition) is 5. The topological polar surface area (TPSA) is 72.4 Å². The van der Waals surface area contributed by atoms with E-state index >= 15 is 0 Å². The highest BCUT2D eigenvalue weighted by Crippen LogP contribution is 2.34. The maximum Gasteiger partial charge on any atom is 0.242 e. The van der Waals surface area contributed by atoms with Gasteiger partial charge in [0.05, 0.1) is 0 Å². The minimum atomic E-state index is -0.0433. The lowest BCUT2D eigenvalue weighted by atomic mass is 10.1. The number of hydrogen-bond donors (Lipinski definition) is 1. The molecule has 2 aromatic carbocycles. The molecule has 2 heterocycles. The van der Waals surface area contributed by atoms with Crippen molar-refractivity contribution in [3.8, 4) is 22.9 Å². The van der Waals surface area contributed by atoms with Crippen molar-refractivity contribution in [3.05, 3.63) is 58.4 Å². The second-order valence-corrected chi connectivity index (χ2v) is 7.54. The lowest BCUT2D eigenvalue weighted by molar-refractivity contribution is -0.132. The summed E-state index contributed by atoms with van der Waals surface area (Å²) in [5, 5.41) is 7.16. The third-order valence-corrected chi connectivity index (χ3v) is 5.38. The first-order chi connectivity index (χ1) is 14.6. The van der Waals surface area contributed by atoms with Crippen molar-refractivity contribution in [3.63, 3.8) is 0 Å². The van der Waals surface area contributed by atoms with Crippen LogP contribution < -0.4 is 9.47 Å². The molecule has 0 unspecified atom stereocenters. The van der Waals surface area contributed by atoms with E-state index in [4.69, 9.17) is 21.7 Å². The van der Waals surface area contributed by atoms with Crippen LogP contribution in [0.1, 0.15) is 18.1 Å². The summed E-state index contributed by atoms with van der Waals surface area (Å²) in [5.41, 5.74) is 2.96. The van der Waals surface area contributed by atoms with Gasteiger partial charge in [-0.2, -0.15) is 5.10 Å². The lowest BCUT2D eigenvalue weighted by Crippen LogP contribution is -2.33. The second-order valence-electron chi connectivity index (χ2n) is 7.16. The zero-order chi connectivity index (χ0) is 21.1. The molecular weight excluding hydrogens is 400 g/mol. The summed E-state index contributed by atoms with van der Waals surface area (Å²) in [7, 11) is 0. The monoisotopic (exact) mass is 424 g/mol. The second kappa shape index (κ2) is 8.71. The van der Waals surface area contributed by atoms with Crippen LogP contribution in [0.25, 0.3) is 11.4 Å². The average Bonchev–Trinajstić information content (AvgIpc) is 3.12. The zero-order valence-electron chi connectivity index (χ0n) is 17.1. The van der Waals surface area contributed by atoms with Gasteiger partial charge in [-0.1, -0.05) is 35.9 Å². The number of carbonyl (C=O) groups is 1. The minimum absolute atomic E-state index is 0.0433. The molecule has 0 saturated carbocycles. The van der Waals surface area contributed by atoms with Crippen LogP contribution in [0.15, 0.2) is 42.5 Å². The van der Waals surface area contributed by atoms with Crippen LogP contribution in [-0.2, 0) is 17.9 Å². The number of likely N-dealkylation sites (N-methyl/N-ethyl adjacent to an activating group) is 1. The molecule has 1 aromatic heterocycles. The van der Waals surface area contributed by atoms with Gasteiger partial charge < -0.3 is 14.4 Å². The molecule has 1 aliphatic heterocycles. The summed E-state index contributed by atoms with van der Waals surface area (Å²) in [5.74, 6) is 2.05. The van der Waals surface area contributed by atoms with E-state index in [1.807, 2.05) is 56.3 Å². The maximum absolute atomic E-state index is 13.2. The van der Waals surface area contributed by atoms with Gasteiger partial charge in [0.1, 0.15) is 19.8 Å². The van der Waals surface area contributed by atoms with Gasteiger partial charge in [0.15, 0.2) is 22.1 Å². The summed E-state index contributed by atoms with van der Waals surface area (Å²) in [6.07, 6.45) is 0. The lowest BCUT2D eigenvalue weighted by Gasteiger charge is -2.25. The number of carbonyl (C=O) groups excluding carboxylic acids is 1. The molecule has 0 fully saturated rings. The molecule has 1 aliphatic rings. The van der Waals surface area contributed by atoms with Crippen LogP contribution in [0, 0.1) is 11.7 Å². The van der Waals surface area contributed by atoms with Gasteiger partial charge in [-0.3, -0.25) is 14.5 Å². The minimum Gasteiger partial charge on any atom is -0.486 e. The van der Waals surface area contributed by atoms with E-state index in [0.29, 0.717) is 36.9 Å². The Morgan fingerprint density at radius 3 is 2.83 bits per heavy atom. The van der Waals surface area contributed by atoms with E-state index < -0.39 is 0 Å². The Morgan fingerprint density at radius 2 is 2.03 bits per heavy atom. The molecule has 1 amide bonds. The van der Waals surface area contributed by atoms with Crippen molar-refractivity contribution < 1.29 is 14.3 Å². The van der Waals surface area contributed by atoms with Crippen molar-refractivity contribution >= 4 is 18.1 Å². The fourth-order valence-electron chi connectivity index (χ4n) is 3.54. The number of para-hydroxylation sites is 1. The number of aryl methyl sites for hydroxylation is 1. The molecular formula is C22H24N4O3S. The molecule has 3 aromatic rings. The van der Waals surface area contributed by atoms with Gasteiger partial charge in [-0.15, -0.1) is 0 Å². The smallest absolute Gasteiger partial charge is 0.242 e. The molecule has 0 aliphatic carbocycles. The largest absolute Gasteiger partial charge is 0.486 e. The van der Waals surface area contributed by atoms with E-state index in [-0.39, 0.29) is 12.5 Å². The van der Waals surface area contributed by atoms with Gasteiger partial charge >= 0.3 is 0 Å². The van der Waals surface area contributed by atoms with E-state index in [2.05, 4.69) is 10.2 Å². The van der Waals surface area contributed by atoms with Crippen LogP contribution in [0.3, 0.4) is 0 Å². The fraction of sp³-hybridized carbons (Fsp3) is 0.318. The highest BCUT2D eigenvalue weighted by Gasteiger charge is 2.21. The summed E-state index contributed by atoms with van der Waals surface area (Å²) in [6, 6.07) is 13.7. The number of benzene rings is 2. The van der Waals surface area contributed by atoms with Gasteiger partial charge in [0.25, 0.3) is 0 Å². The number of nitrogens with one attached hydrogen (secondary N) is 1. The number of aromatic amines is 1. The molecule has 0 atom stereocenters. The summed E-state index contributed by atoms with van der Waals surface area (Å²) >= 11 is 5.39. The quantitative estimate of drug-likeness (QED) is 0.611. The normalized spacial score (nSPS) is 12.6. The molecule has 8 heteroatoms. The van der Waals surface area contributed by atoms with E-state index in [1.165, 1.54) is 0 Å². The predicted octanol–water partition coefficient (Wildman–Crippen LogP) is 3.74. The molecule has 4 rings (SSSR count). The number of amides is 1. The van der Waals surface area contributed by atoms with Gasteiger partial charge in [-0.25, -0.2) is 0 Å². The third-order valence-electron chi connectivity index (χ3n) is 5.07. The highest BCUT2D eigenvalue weighted by molar-refractivity contribution is 7.71. The maximum atomic E-state index is 13.2. The van der Waals surface area contributed by atoms with E-state index in [0.717, 1.165) is 28.2 Å². The van der Waals surface area contributed by atoms with Crippen LogP contribution >= 0.6 is 12.2 Å². The van der Waals surface area contributed by atoms with Crippen LogP contribution in [0.4, 0.5) is 0 Å². The Labute approximate surface area is 180 Å². The number of fused-ring (bicyclic) bond motifs is 1. The molecule has 0 bridgehead atoms. The summed E-state index contributed by atoms with van der Waals surface area (Å²) in [4.78, 5) is 14.9. The number of nitrogens with zero attached hydrogens (tertiary/aromatic N) is 3. The first-order valence-electron chi connectivity index (χ1n) is 9.94. The Bertz CT molecular complexity index is 1120. The molecule has 1 N–H and O–H groups in total. The van der Waals surface area contributed by atoms with Crippen molar-refractivity contribution in [2.45, 2.75) is 26.9 Å². The standard InChI is InChI=1S/C22H24N4O3S/c1-3-25(13-17-8-5-9-18-20(17)29-11-10-28-18)19(27)14-26-21(23-24-22(26)30)16-7-4-6-15(2)12-16/h4-9,12H,3,10-11,13-14H2,1-2H3,(H,24,30). The number of aromatic nitrogens is 3. The summed E-state index contributed by atoms with van der Waals surface area (Å²) in [6.45, 7) is 6.13. The van der Waals surface area contributed by atoms with Crippen LogP contribution in [0.5, 0.6) is 11.5 Å². The van der Waals surface area contributed by atoms with Crippen molar-refractivity contribution in [2.75, 3.05) is 19.8 Å². The van der Waals surface area contributed by atoms with Crippen LogP contribution in [-0.4, -0.2) is 45.3 Å². The number of rotatable bonds is 6. The molecule has 0 saturated heterocycles. The average molecular weight is 425 g/mol.